The fraction of sp³-hybridized carbons (Fsp3) is 0.278. The third kappa shape index (κ3) is 3.05. The van der Waals surface area contributed by atoms with Crippen molar-refractivity contribution in [2.24, 2.45) is 0 Å². The lowest BCUT2D eigenvalue weighted by atomic mass is 9.99. The summed E-state index contributed by atoms with van der Waals surface area (Å²) < 4.78 is 0.890. The maximum atomic E-state index is 12.6. The molecule has 3 unspecified atom stereocenters. The van der Waals surface area contributed by atoms with Gasteiger partial charge in [-0.3, -0.25) is 19.2 Å². The molecular formula is C18H17N3O6S. The average Bonchev–Trinajstić information content (AvgIpc) is 2.87. The van der Waals surface area contributed by atoms with Crippen molar-refractivity contribution in [1.29, 1.82) is 0 Å². The van der Waals surface area contributed by atoms with E-state index < -0.39 is 47.1 Å². The van der Waals surface area contributed by atoms with Crippen molar-refractivity contribution >= 4 is 41.5 Å². The SMILES string of the molecule is C=C(C)C(C(=O)O)N1C(=O)C(NC(C)=O)C1SN1C(=O)c2ccccc2C1=O. The zero-order valence-corrected chi connectivity index (χ0v) is 15.9. The van der Waals surface area contributed by atoms with Crippen molar-refractivity contribution in [3.63, 3.8) is 0 Å². The van der Waals surface area contributed by atoms with Crippen LogP contribution in [0, 0.1) is 0 Å². The number of imide groups is 1. The summed E-state index contributed by atoms with van der Waals surface area (Å²) in [6.45, 7) is 6.29. The molecule has 10 heteroatoms. The van der Waals surface area contributed by atoms with E-state index in [4.69, 9.17) is 0 Å². The van der Waals surface area contributed by atoms with Gasteiger partial charge in [-0.25, -0.2) is 9.10 Å². The van der Waals surface area contributed by atoms with Crippen molar-refractivity contribution in [1.82, 2.24) is 14.5 Å². The summed E-state index contributed by atoms with van der Waals surface area (Å²) in [4.78, 5) is 61.8. The fourth-order valence-electron chi connectivity index (χ4n) is 3.16. The van der Waals surface area contributed by atoms with Crippen LogP contribution in [-0.2, 0) is 14.4 Å². The van der Waals surface area contributed by atoms with Crippen LogP contribution >= 0.6 is 11.9 Å². The van der Waals surface area contributed by atoms with Gasteiger partial charge < -0.3 is 15.3 Å². The Morgan fingerprint density at radius 2 is 1.68 bits per heavy atom. The van der Waals surface area contributed by atoms with Gasteiger partial charge in [-0.2, -0.15) is 0 Å². The lowest BCUT2D eigenvalue weighted by Gasteiger charge is -2.49. The van der Waals surface area contributed by atoms with E-state index in [0.717, 1.165) is 9.21 Å². The number of carboxylic acids is 1. The minimum Gasteiger partial charge on any atom is -0.479 e. The number of aliphatic carboxylic acids is 1. The Kier molecular flexibility index (Phi) is 4.99. The zero-order chi connectivity index (χ0) is 20.7. The van der Waals surface area contributed by atoms with Gasteiger partial charge in [0, 0.05) is 6.92 Å². The third-order valence-corrected chi connectivity index (χ3v) is 5.65. The number of benzene rings is 1. The molecule has 0 saturated carbocycles. The summed E-state index contributed by atoms with van der Waals surface area (Å²) in [6, 6.07) is 3.87. The molecule has 3 rings (SSSR count). The molecule has 2 N–H and O–H groups in total. The van der Waals surface area contributed by atoms with Crippen LogP contribution in [0.4, 0.5) is 0 Å². The maximum Gasteiger partial charge on any atom is 0.330 e. The highest BCUT2D eigenvalue weighted by Gasteiger charge is 2.55. The van der Waals surface area contributed by atoms with Crippen LogP contribution < -0.4 is 5.32 Å². The number of nitrogens with zero attached hydrogens (tertiary/aromatic N) is 2. The summed E-state index contributed by atoms with van der Waals surface area (Å²) in [5, 5.41) is 11.0. The summed E-state index contributed by atoms with van der Waals surface area (Å²) in [6.07, 6.45) is 0. The number of carbonyl (C=O) groups is 5. The Balaban J connectivity index is 1.92. The molecule has 0 aromatic heterocycles. The van der Waals surface area contributed by atoms with E-state index in [2.05, 4.69) is 11.9 Å². The van der Waals surface area contributed by atoms with Gasteiger partial charge in [-0.1, -0.05) is 18.7 Å². The molecule has 1 aromatic rings. The van der Waals surface area contributed by atoms with Crippen LogP contribution in [0.5, 0.6) is 0 Å². The summed E-state index contributed by atoms with van der Waals surface area (Å²) >= 11 is 0.712. The van der Waals surface area contributed by atoms with Gasteiger partial charge >= 0.3 is 5.97 Å². The van der Waals surface area contributed by atoms with Crippen LogP contribution in [0.15, 0.2) is 36.4 Å². The van der Waals surface area contributed by atoms with Gasteiger partial charge in [0.2, 0.25) is 11.8 Å². The van der Waals surface area contributed by atoms with Gasteiger partial charge in [0.25, 0.3) is 11.8 Å². The second kappa shape index (κ2) is 7.12. The molecule has 146 valence electrons. The molecule has 1 saturated heterocycles. The average molecular weight is 403 g/mol. The molecule has 0 radical (unpaired) electrons. The first-order valence-electron chi connectivity index (χ1n) is 8.27. The number of carbonyl (C=O) groups excluding carboxylic acids is 4. The van der Waals surface area contributed by atoms with Crippen molar-refractivity contribution in [2.75, 3.05) is 0 Å². The molecule has 0 bridgehead atoms. The largest absolute Gasteiger partial charge is 0.479 e. The summed E-state index contributed by atoms with van der Waals surface area (Å²) in [5.74, 6) is -3.54. The molecular weight excluding hydrogens is 386 g/mol. The first kappa shape index (κ1) is 19.6. The molecule has 28 heavy (non-hydrogen) atoms. The van der Waals surface area contributed by atoms with E-state index in [9.17, 15) is 29.1 Å². The summed E-state index contributed by atoms with van der Waals surface area (Å²) in [7, 11) is 0. The van der Waals surface area contributed by atoms with Crippen LogP contribution in [0.3, 0.4) is 0 Å². The van der Waals surface area contributed by atoms with E-state index >= 15 is 0 Å². The van der Waals surface area contributed by atoms with E-state index in [-0.39, 0.29) is 16.7 Å². The summed E-state index contributed by atoms with van der Waals surface area (Å²) in [5.41, 5.74) is 0.654. The van der Waals surface area contributed by atoms with E-state index in [1.165, 1.54) is 26.0 Å². The van der Waals surface area contributed by atoms with Crippen molar-refractivity contribution in [2.45, 2.75) is 31.3 Å². The predicted octanol–water partition coefficient (Wildman–Crippen LogP) is 0.633. The lowest BCUT2D eigenvalue weighted by Crippen LogP contribution is -2.73. The minimum absolute atomic E-state index is 0.204. The molecule has 0 spiro atoms. The molecule has 9 nitrogen and oxygen atoms in total. The Labute approximate surface area is 164 Å². The molecule has 4 amide bonds. The van der Waals surface area contributed by atoms with Crippen molar-refractivity contribution in [3.05, 3.63) is 47.5 Å². The fourth-order valence-corrected chi connectivity index (χ4v) is 4.40. The molecule has 2 heterocycles. The van der Waals surface area contributed by atoms with Crippen molar-refractivity contribution in [3.8, 4) is 0 Å². The van der Waals surface area contributed by atoms with Gasteiger partial charge in [0.15, 0.2) is 6.04 Å². The Morgan fingerprint density at radius 1 is 1.14 bits per heavy atom. The molecule has 1 fully saturated rings. The maximum absolute atomic E-state index is 12.6. The smallest absolute Gasteiger partial charge is 0.330 e. The standard InChI is InChI=1S/C18H17N3O6S/c1-8(2)13(18(26)27)20-16(25)12(19-9(3)22)17(20)28-21-14(23)10-6-4-5-7-11(10)15(21)24/h4-7,12-13,17H,1H2,2-3H3,(H,19,22)(H,26,27). The zero-order valence-electron chi connectivity index (χ0n) is 15.0. The number of amides is 4. The number of carboxylic acid groups (broad SMARTS) is 1. The molecule has 3 atom stereocenters. The Morgan fingerprint density at radius 3 is 2.11 bits per heavy atom. The second-order valence-electron chi connectivity index (χ2n) is 6.46. The Bertz CT molecular complexity index is 881. The molecule has 0 aliphatic carbocycles. The monoisotopic (exact) mass is 403 g/mol. The lowest BCUT2D eigenvalue weighted by molar-refractivity contribution is -0.159. The van der Waals surface area contributed by atoms with Gasteiger partial charge in [0.1, 0.15) is 11.4 Å². The van der Waals surface area contributed by atoms with Crippen molar-refractivity contribution < 1.29 is 29.1 Å². The topological polar surface area (TPSA) is 124 Å². The number of nitrogens with one attached hydrogen (secondary N) is 1. The number of hydrogen-bond donors (Lipinski definition) is 2. The van der Waals surface area contributed by atoms with Crippen LogP contribution in [0.1, 0.15) is 34.6 Å². The number of fused-ring (bicyclic) bond motifs is 1. The normalized spacial score (nSPS) is 21.9. The van der Waals surface area contributed by atoms with E-state index in [1.54, 1.807) is 12.1 Å². The minimum atomic E-state index is -1.34. The van der Waals surface area contributed by atoms with Crippen LogP contribution in [0.2, 0.25) is 0 Å². The first-order chi connectivity index (χ1) is 13.1. The third-order valence-electron chi connectivity index (χ3n) is 4.39. The van der Waals surface area contributed by atoms with Gasteiger partial charge in [-0.05, 0) is 36.6 Å². The molecule has 1 aromatic carbocycles. The second-order valence-corrected chi connectivity index (χ2v) is 7.52. The highest BCUT2D eigenvalue weighted by molar-refractivity contribution is 7.98. The number of β-lactam (4-membered cyclic amide) rings is 1. The number of hydrogen-bond acceptors (Lipinski definition) is 6. The highest BCUT2D eigenvalue weighted by Crippen LogP contribution is 2.39. The van der Waals surface area contributed by atoms with Crippen LogP contribution in [-0.4, -0.2) is 61.4 Å². The van der Waals surface area contributed by atoms with E-state index in [0.29, 0.717) is 11.9 Å². The first-order valence-corrected chi connectivity index (χ1v) is 9.11. The van der Waals surface area contributed by atoms with E-state index in [1.807, 2.05) is 0 Å². The highest BCUT2D eigenvalue weighted by atomic mass is 32.2. The molecule has 2 aliphatic rings. The van der Waals surface area contributed by atoms with Gasteiger partial charge in [-0.15, -0.1) is 0 Å². The molecule has 2 aliphatic heterocycles. The van der Waals surface area contributed by atoms with Crippen LogP contribution in [0.25, 0.3) is 0 Å². The Hall–Kier alpha value is -3.14. The number of rotatable bonds is 6. The number of likely N-dealkylation sites (tertiary alicyclic amines) is 1. The quantitative estimate of drug-likeness (QED) is 0.309. The van der Waals surface area contributed by atoms with Gasteiger partial charge in [0.05, 0.1) is 11.1 Å². The predicted molar refractivity (Wildman–Crippen MR) is 99.0 cm³/mol.